The van der Waals surface area contributed by atoms with Gasteiger partial charge >= 0.3 is 5.97 Å². The number of halogens is 2. The number of hydrogen-bond acceptors (Lipinski definition) is 5. The van der Waals surface area contributed by atoms with Gasteiger partial charge in [-0.05, 0) is 36.4 Å². The average Bonchev–Trinajstić information content (AvgIpc) is 2.56. The van der Waals surface area contributed by atoms with Gasteiger partial charge in [0.2, 0.25) is 0 Å². The Kier molecular flexibility index (Phi) is 4.56. The Morgan fingerprint density at radius 1 is 1.20 bits per heavy atom. The minimum atomic E-state index is -3.02. The summed E-state index contributed by atoms with van der Waals surface area (Å²) in [5.41, 5.74) is 0.294. The van der Waals surface area contributed by atoms with Gasteiger partial charge in [-0.25, -0.2) is 17.6 Å². The molecule has 0 saturated carbocycles. The van der Waals surface area contributed by atoms with Crippen LogP contribution in [0.2, 0.25) is 5.02 Å². The van der Waals surface area contributed by atoms with Crippen LogP contribution in [0.3, 0.4) is 0 Å². The lowest BCUT2D eigenvalue weighted by Gasteiger charge is -2.14. The molecule has 25 heavy (non-hydrogen) atoms. The van der Waals surface area contributed by atoms with Gasteiger partial charge in [-0.15, -0.1) is 0 Å². The van der Waals surface area contributed by atoms with Crippen LogP contribution in [0.25, 0.3) is 10.9 Å². The number of carboxylic acid groups (broad SMARTS) is 1. The van der Waals surface area contributed by atoms with Crippen LogP contribution in [0.1, 0.15) is 10.4 Å². The summed E-state index contributed by atoms with van der Waals surface area (Å²) in [6, 6.07) is 7.85. The Labute approximate surface area is 147 Å². The van der Waals surface area contributed by atoms with Crippen molar-refractivity contribution in [1.29, 1.82) is 0 Å². The number of carbonyl (C=O) groups is 1. The SMILES string of the molecule is O=C(O)c1cc(F)ccc1Nc1c([SH](=O)=O)cnc2ccc(Cl)cc12. The number of benzene rings is 2. The van der Waals surface area contributed by atoms with Crippen molar-refractivity contribution in [2.45, 2.75) is 4.90 Å². The first-order valence-corrected chi connectivity index (χ1v) is 8.45. The number of anilines is 2. The number of nitrogens with one attached hydrogen (secondary N) is 1. The Balaban J connectivity index is 2.27. The third kappa shape index (κ3) is 3.40. The summed E-state index contributed by atoms with van der Waals surface area (Å²) < 4.78 is 36.5. The predicted octanol–water partition coefficient (Wildman–Crippen LogP) is 3.44. The quantitative estimate of drug-likeness (QED) is 0.600. The van der Waals surface area contributed by atoms with Crippen molar-refractivity contribution in [2.75, 3.05) is 5.32 Å². The van der Waals surface area contributed by atoms with Crippen LogP contribution >= 0.6 is 11.6 Å². The fourth-order valence-electron chi connectivity index (χ4n) is 2.36. The molecule has 3 rings (SSSR count). The molecule has 0 atom stereocenters. The van der Waals surface area contributed by atoms with Gasteiger partial charge in [-0.2, -0.15) is 0 Å². The number of pyridine rings is 1. The van der Waals surface area contributed by atoms with E-state index < -0.39 is 22.5 Å². The van der Waals surface area contributed by atoms with Gasteiger partial charge in [0.25, 0.3) is 0 Å². The molecule has 6 nitrogen and oxygen atoms in total. The predicted molar refractivity (Wildman–Crippen MR) is 92.0 cm³/mol. The summed E-state index contributed by atoms with van der Waals surface area (Å²) in [5.74, 6) is -2.08. The normalized spacial score (nSPS) is 11.0. The second kappa shape index (κ2) is 6.66. The van der Waals surface area contributed by atoms with Crippen LogP contribution in [0, 0.1) is 5.82 Å². The molecule has 9 heteroatoms. The van der Waals surface area contributed by atoms with Gasteiger partial charge in [0.05, 0.1) is 22.5 Å². The van der Waals surface area contributed by atoms with Crippen molar-refractivity contribution in [1.82, 2.24) is 4.98 Å². The van der Waals surface area contributed by atoms with Crippen molar-refractivity contribution in [2.24, 2.45) is 0 Å². The van der Waals surface area contributed by atoms with Crippen molar-refractivity contribution in [3.05, 3.63) is 59.0 Å². The smallest absolute Gasteiger partial charge is 0.337 e. The topological polar surface area (TPSA) is 96.4 Å². The zero-order valence-electron chi connectivity index (χ0n) is 12.4. The number of carboxylic acids is 1. The van der Waals surface area contributed by atoms with Gasteiger partial charge in [0.15, 0.2) is 10.7 Å². The molecule has 1 aromatic heterocycles. The van der Waals surface area contributed by atoms with Crippen LogP contribution in [0.4, 0.5) is 15.8 Å². The first-order valence-electron chi connectivity index (χ1n) is 6.89. The average molecular weight is 381 g/mol. The van der Waals surface area contributed by atoms with E-state index in [-0.39, 0.29) is 21.8 Å². The van der Waals surface area contributed by atoms with E-state index in [0.29, 0.717) is 15.9 Å². The molecular formula is C16H10ClFN2O4S. The van der Waals surface area contributed by atoms with Crippen LogP contribution in [-0.4, -0.2) is 24.5 Å². The minimum absolute atomic E-state index is 0.0412. The fourth-order valence-corrected chi connectivity index (χ4v) is 3.04. The van der Waals surface area contributed by atoms with E-state index in [1.165, 1.54) is 12.1 Å². The van der Waals surface area contributed by atoms with Gasteiger partial charge in [-0.1, -0.05) is 11.6 Å². The molecule has 0 aliphatic carbocycles. The lowest BCUT2D eigenvalue weighted by molar-refractivity contribution is 0.0697. The third-order valence-corrected chi connectivity index (χ3v) is 4.45. The summed E-state index contributed by atoms with van der Waals surface area (Å²) >= 11 is 5.98. The molecule has 2 aromatic carbocycles. The maximum atomic E-state index is 13.3. The van der Waals surface area contributed by atoms with E-state index >= 15 is 0 Å². The molecule has 0 saturated heterocycles. The van der Waals surface area contributed by atoms with Crippen LogP contribution in [-0.2, 0) is 10.7 Å². The van der Waals surface area contributed by atoms with Gasteiger partial charge in [0.1, 0.15) is 10.7 Å². The fraction of sp³-hybridized carbons (Fsp3) is 0. The minimum Gasteiger partial charge on any atom is -0.478 e. The highest BCUT2D eigenvalue weighted by atomic mass is 35.5. The first kappa shape index (κ1) is 17.1. The Hall–Kier alpha value is -2.71. The highest BCUT2D eigenvalue weighted by Crippen LogP contribution is 2.33. The van der Waals surface area contributed by atoms with Crippen molar-refractivity contribution < 1.29 is 22.7 Å². The first-order chi connectivity index (χ1) is 11.9. The molecule has 0 amide bonds. The Bertz CT molecular complexity index is 1080. The number of nitrogens with zero attached hydrogens (tertiary/aromatic N) is 1. The lowest BCUT2D eigenvalue weighted by Crippen LogP contribution is -2.05. The number of rotatable bonds is 4. The second-order valence-electron chi connectivity index (χ2n) is 5.06. The van der Waals surface area contributed by atoms with Crippen molar-refractivity contribution in [3.63, 3.8) is 0 Å². The molecule has 128 valence electrons. The van der Waals surface area contributed by atoms with E-state index in [9.17, 15) is 22.7 Å². The number of hydrogen-bond donors (Lipinski definition) is 3. The molecule has 0 spiro atoms. The standard InChI is InChI=1S/C16H10ClFN2O4S/c17-8-1-3-12-10(5-8)15(14(7-19-12)25(23)24)20-13-4-2-9(18)6-11(13)16(21)22/h1-7,25H,(H,19,20)(H,21,22). The van der Waals surface area contributed by atoms with Crippen molar-refractivity contribution >= 4 is 50.6 Å². The van der Waals surface area contributed by atoms with Gasteiger partial charge < -0.3 is 10.4 Å². The largest absolute Gasteiger partial charge is 0.478 e. The number of aromatic carboxylic acids is 1. The monoisotopic (exact) mass is 380 g/mol. The second-order valence-corrected chi connectivity index (χ2v) is 6.49. The summed E-state index contributed by atoms with van der Waals surface area (Å²) in [6.45, 7) is 0. The Morgan fingerprint density at radius 2 is 1.96 bits per heavy atom. The molecule has 0 unspecified atom stereocenters. The third-order valence-electron chi connectivity index (χ3n) is 3.48. The highest BCUT2D eigenvalue weighted by Gasteiger charge is 2.16. The van der Waals surface area contributed by atoms with Crippen LogP contribution < -0.4 is 5.32 Å². The summed E-state index contributed by atoms with van der Waals surface area (Å²) in [7, 11) is -3.02. The van der Waals surface area contributed by atoms with E-state index in [0.717, 1.165) is 18.3 Å². The van der Waals surface area contributed by atoms with Gasteiger partial charge in [0, 0.05) is 16.6 Å². The van der Waals surface area contributed by atoms with E-state index in [4.69, 9.17) is 11.6 Å². The van der Waals surface area contributed by atoms with Crippen LogP contribution in [0.15, 0.2) is 47.5 Å². The molecule has 0 aliphatic rings. The molecule has 2 N–H and O–H groups in total. The molecule has 1 heterocycles. The Morgan fingerprint density at radius 3 is 2.64 bits per heavy atom. The van der Waals surface area contributed by atoms with E-state index in [1.54, 1.807) is 12.1 Å². The number of fused-ring (bicyclic) bond motifs is 1. The lowest BCUT2D eigenvalue weighted by atomic mass is 10.1. The van der Waals surface area contributed by atoms with E-state index in [2.05, 4.69) is 10.3 Å². The summed E-state index contributed by atoms with van der Waals surface area (Å²) in [6.07, 6.45) is 1.16. The zero-order chi connectivity index (χ0) is 18.1. The summed E-state index contributed by atoms with van der Waals surface area (Å²) in [4.78, 5) is 15.3. The molecular weight excluding hydrogens is 371 g/mol. The molecule has 0 aliphatic heterocycles. The van der Waals surface area contributed by atoms with Crippen molar-refractivity contribution in [3.8, 4) is 0 Å². The molecule has 3 aromatic rings. The number of thiol groups is 1. The molecule has 0 fully saturated rings. The maximum Gasteiger partial charge on any atom is 0.337 e. The number of aromatic nitrogens is 1. The highest BCUT2D eigenvalue weighted by molar-refractivity contribution is 7.72. The molecule has 0 bridgehead atoms. The molecule has 0 radical (unpaired) electrons. The van der Waals surface area contributed by atoms with Gasteiger partial charge in [-0.3, -0.25) is 4.98 Å². The summed E-state index contributed by atoms with van der Waals surface area (Å²) in [5, 5.41) is 12.8. The zero-order valence-corrected chi connectivity index (χ0v) is 14.0. The maximum absolute atomic E-state index is 13.3. The van der Waals surface area contributed by atoms with Crippen LogP contribution in [0.5, 0.6) is 0 Å². The van der Waals surface area contributed by atoms with E-state index in [1.807, 2.05) is 0 Å².